The maximum atomic E-state index is 11.5. The number of hydrogen-bond acceptors (Lipinski definition) is 6. The third-order valence-corrected chi connectivity index (χ3v) is 5.67. The monoisotopic (exact) mass is 376 g/mol. The summed E-state index contributed by atoms with van der Waals surface area (Å²) in [5.74, 6) is 2.37. The smallest absolute Gasteiger partial charge is 0.357 e. The predicted octanol–water partition coefficient (Wildman–Crippen LogP) is 2.46. The van der Waals surface area contributed by atoms with Crippen LogP contribution in [0.5, 0.6) is 0 Å². The molecule has 1 fully saturated rings. The van der Waals surface area contributed by atoms with Gasteiger partial charge in [-0.15, -0.1) is 11.3 Å². The van der Waals surface area contributed by atoms with Gasteiger partial charge in [-0.1, -0.05) is 18.2 Å². The summed E-state index contributed by atoms with van der Waals surface area (Å²) in [7, 11) is 1.35. The number of guanidine groups is 1. The fourth-order valence-electron chi connectivity index (χ4n) is 2.47. The number of rotatable bonds is 4. The standard InChI is InChI=1S/C17H20N4O2S2/c1-23-16(22)14-11-25-15(20-14)13-4-2-3-12(9-13)10-19-17(18)21-5-7-24-8-6-21/h2-4,9,11H,5-8,10H2,1H3,(H2,18,19). The summed E-state index contributed by atoms with van der Waals surface area (Å²) in [4.78, 5) is 22.5. The van der Waals surface area contributed by atoms with E-state index in [0.29, 0.717) is 18.2 Å². The molecule has 1 aromatic heterocycles. The third-order valence-electron chi connectivity index (χ3n) is 3.83. The van der Waals surface area contributed by atoms with Gasteiger partial charge in [0.1, 0.15) is 5.01 Å². The molecule has 3 rings (SSSR count). The first kappa shape index (κ1) is 17.8. The van der Waals surface area contributed by atoms with Crippen molar-refractivity contribution in [3.05, 3.63) is 40.9 Å². The number of carbonyl (C=O) groups excluding carboxylic acids is 1. The molecule has 0 saturated carbocycles. The zero-order chi connectivity index (χ0) is 17.6. The highest BCUT2D eigenvalue weighted by Gasteiger charge is 2.13. The number of esters is 1. The molecule has 0 aliphatic carbocycles. The molecule has 1 aliphatic rings. The van der Waals surface area contributed by atoms with Crippen LogP contribution in [0.2, 0.25) is 0 Å². The van der Waals surface area contributed by atoms with Gasteiger partial charge in [-0.25, -0.2) is 14.8 Å². The van der Waals surface area contributed by atoms with E-state index < -0.39 is 5.97 Å². The molecule has 2 N–H and O–H groups in total. The molecule has 0 radical (unpaired) electrons. The van der Waals surface area contributed by atoms with Crippen molar-refractivity contribution in [2.45, 2.75) is 6.54 Å². The van der Waals surface area contributed by atoms with Gasteiger partial charge < -0.3 is 15.4 Å². The Bertz CT molecular complexity index is 770. The molecule has 1 aromatic carbocycles. The lowest BCUT2D eigenvalue weighted by atomic mass is 10.1. The van der Waals surface area contributed by atoms with Crippen molar-refractivity contribution >= 4 is 35.0 Å². The lowest BCUT2D eigenvalue weighted by molar-refractivity contribution is 0.0595. The van der Waals surface area contributed by atoms with Gasteiger partial charge in [0.25, 0.3) is 0 Å². The molecule has 1 saturated heterocycles. The number of carbonyl (C=O) groups is 1. The normalized spacial score (nSPS) is 15.2. The SMILES string of the molecule is COC(=O)c1csc(-c2cccc(CN=C(N)N3CCSCC3)c2)n1. The Labute approximate surface area is 155 Å². The first-order valence-corrected chi connectivity index (χ1v) is 9.96. The van der Waals surface area contributed by atoms with Gasteiger partial charge >= 0.3 is 5.97 Å². The number of benzene rings is 1. The van der Waals surface area contributed by atoms with Crippen molar-refractivity contribution in [1.82, 2.24) is 9.88 Å². The van der Waals surface area contributed by atoms with Crippen molar-refractivity contribution in [1.29, 1.82) is 0 Å². The minimum atomic E-state index is -0.421. The van der Waals surface area contributed by atoms with E-state index in [9.17, 15) is 4.79 Å². The number of nitrogens with two attached hydrogens (primary N) is 1. The molecule has 25 heavy (non-hydrogen) atoms. The van der Waals surface area contributed by atoms with Crippen LogP contribution in [0.4, 0.5) is 0 Å². The summed E-state index contributed by atoms with van der Waals surface area (Å²) in [6.07, 6.45) is 0. The Kier molecular flexibility index (Phi) is 5.93. The van der Waals surface area contributed by atoms with E-state index in [1.165, 1.54) is 18.4 Å². The Balaban J connectivity index is 1.71. The number of ether oxygens (including phenoxy) is 1. The Morgan fingerprint density at radius 2 is 2.20 bits per heavy atom. The Hall–Kier alpha value is -2.06. The Morgan fingerprint density at radius 3 is 2.96 bits per heavy atom. The van der Waals surface area contributed by atoms with Crippen LogP contribution < -0.4 is 5.73 Å². The average molecular weight is 377 g/mol. The number of aliphatic imine (C=N–C) groups is 1. The molecule has 0 bridgehead atoms. The molecule has 2 heterocycles. The van der Waals surface area contributed by atoms with E-state index in [1.807, 2.05) is 36.0 Å². The molecule has 2 aromatic rings. The molecule has 0 unspecified atom stereocenters. The maximum absolute atomic E-state index is 11.5. The lowest BCUT2D eigenvalue weighted by Crippen LogP contribution is -2.42. The van der Waals surface area contributed by atoms with Crippen LogP contribution in [-0.2, 0) is 11.3 Å². The van der Waals surface area contributed by atoms with Gasteiger partial charge in [-0.05, 0) is 11.6 Å². The van der Waals surface area contributed by atoms with Gasteiger partial charge in [0.05, 0.1) is 13.7 Å². The Morgan fingerprint density at radius 1 is 1.40 bits per heavy atom. The minimum Gasteiger partial charge on any atom is -0.464 e. The van der Waals surface area contributed by atoms with Crippen molar-refractivity contribution in [3.63, 3.8) is 0 Å². The van der Waals surface area contributed by atoms with Gasteiger partial charge in [0.2, 0.25) is 0 Å². The van der Waals surface area contributed by atoms with E-state index in [1.54, 1.807) is 5.38 Å². The van der Waals surface area contributed by atoms with E-state index >= 15 is 0 Å². The molecule has 8 heteroatoms. The first-order valence-electron chi connectivity index (χ1n) is 7.93. The van der Waals surface area contributed by atoms with Crippen LogP contribution in [0.3, 0.4) is 0 Å². The van der Waals surface area contributed by atoms with Crippen molar-refractivity contribution < 1.29 is 9.53 Å². The lowest BCUT2D eigenvalue weighted by Gasteiger charge is -2.27. The summed E-state index contributed by atoms with van der Waals surface area (Å²) in [6, 6.07) is 7.98. The van der Waals surface area contributed by atoms with Crippen LogP contribution in [0.25, 0.3) is 10.6 Å². The average Bonchev–Trinajstić information content (AvgIpc) is 3.16. The number of methoxy groups -OCH3 is 1. The first-order chi connectivity index (χ1) is 12.2. The van der Waals surface area contributed by atoms with E-state index in [2.05, 4.69) is 14.9 Å². The van der Waals surface area contributed by atoms with E-state index in [-0.39, 0.29) is 0 Å². The second-order valence-corrected chi connectivity index (χ2v) is 7.59. The largest absolute Gasteiger partial charge is 0.464 e. The molecule has 132 valence electrons. The molecular weight excluding hydrogens is 356 g/mol. The van der Waals surface area contributed by atoms with Gasteiger partial charge in [0.15, 0.2) is 11.7 Å². The third kappa shape index (κ3) is 4.52. The summed E-state index contributed by atoms with van der Waals surface area (Å²) in [5.41, 5.74) is 8.45. The number of thioether (sulfide) groups is 1. The zero-order valence-electron chi connectivity index (χ0n) is 14.0. The number of aromatic nitrogens is 1. The fourth-order valence-corrected chi connectivity index (χ4v) is 4.16. The molecule has 0 amide bonds. The van der Waals surface area contributed by atoms with Crippen molar-refractivity contribution in [2.75, 3.05) is 31.7 Å². The highest BCUT2D eigenvalue weighted by molar-refractivity contribution is 7.99. The van der Waals surface area contributed by atoms with Crippen LogP contribution >= 0.6 is 23.1 Å². The summed E-state index contributed by atoms with van der Waals surface area (Å²) in [6.45, 7) is 2.43. The molecule has 0 spiro atoms. The highest BCUT2D eigenvalue weighted by atomic mass is 32.2. The van der Waals surface area contributed by atoms with E-state index in [4.69, 9.17) is 10.5 Å². The number of nitrogens with zero attached hydrogens (tertiary/aromatic N) is 3. The minimum absolute atomic E-state index is 0.332. The van der Waals surface area contributed by atoms with Crippen molar-refractivity contribution in [3.8, 4) is 10.6 Å². The zero-order valence-corrected chi connectivity index (χ0v) is 15.6. The fraction of sp³-hybridized carbons (Fsp3) is 0.353. The molecule has 1 aliphatic heterocycles. The van der Waals surface area contributed by atoms with Crippen LogP contribution in [0.15, 0.2) is 34.6 Å². The predicted molar refractivity (Wildman–Crippen MR) is 103 cm³/mol. The van der Waals surface area contributed by atoms with E-state index in [0.717, 1.165) is 40.7 Å². The van der Waals surface area contributed by atoms with Gasteiger partial charge in [-0.2, -0.15) is 11.8 Å². The van der Waals surface area contributed by atoms with Crippen LogP contribution in [0, 0.1) is 0 Å². The molecular formula is C17H20N4O2S2. The summed E-state index contributed by atoms with van der Waals surface area (Å²) in [5, 5.41) is 2.49. The van der Waals surface area contributed by atoms with Gasteiger partial charge in [-0.3, -0.25) is 0 Å². The van der Waals surface area contributed by atoms with Gasteiger partial charge in [0, 0.05) is 35.5 Å². The quantitative estimate of drug-likeness (QED) is 0.502. The number of hydrogen-bond donors (Lipinski definition) is 1. The number of thiazole rings is 1. The summed E-state index contributed by atoms with van der Waals surface area (Å²) < 4.78 is 4.70. The summed E-state index contributed by atoms with van der Waals surface area (Å²) >= 11 is 3.36. The second kappa shape index (κ2) is 8.35. The topological polar surface area (TPSA) is 80.8 Å². The van der Waals surface area contributed by atoms with Crippen LogP contribution in [-0.4, -0.2) is 53.5 Å². The molecule has 6 nitrogen and oxygen atoms in total. The maximum Gasteiger partial charge on any atom is 0.357 e. The van der Waals surface area contributed by atoms with Crippen LogP contribution in [0.1, 0.15) is 16.1 Å². The highest BCUT2D eigenvalue weighted by Crippen LogP contribution is 2.25. The second-order valence-electron chi connectivity index (χ2n) is 5.50. The molecule has 0 atom stereocenters. The van der Waals surface area contributed by atoms with Crippen molar-refractivity contribution in [2.24, 2.45) is 10.7 Å².